The lowest BCUT2D eigenvalue weighted by Crippen LogP contribution is -2.31. The van der Waals surface area contributed by atoms with Gasteiger partial charge in [-0.3, -0.25) is 14.4 Å². The summed E-state index contributed by atoms with van der Waals surface area (Å²) < 4.78 is 0. The topological polar surface area (TPSA) is 63.2 Å². The van der Waals surface area contributed by atoms with E-state index in [-0.39, 0.29) is 17.3 Å². The molecule has 3 rings (SSSR count). The minimum absolute atomic E-state index is 0.0244. The Morgan fingerprint density at radius 3 is 2.23 bits per heavy atom. The Balaban J connectivity index is 1.87. The standard InChI is InChI=1S/C17H10ClNO3/c18-11-7-5-10(6-8-11)17(22)19-14-9-15(20)12-3-1-2-4-13(12)16(14)21/h1-9H,(H,19,22). The second kappa shape index (κ2) is 5.58. The fourth-order valence-electron chi connectivity index (χ4n) is 2.20. The predicted molar refractivity (Wildman–Crippen MR) is 82.1 cm³/mol. The molecule has 5 heteroatoms. The monoisotopic (exact) mass is 311 g/mol. The van der Waals surface area contributed by atoms with Crippen LogP contribution in [0, 0.1) is 0 Å². The minimum Gasteiger partial charge on any atom is -0.319 e. The first kappa shape index (κ1) is 14.2. The minimum atomic E-state index is -0.469. The normalized spacial score (nSPS) is 13.4. The molecule has 108 valence electrons. The van der Waals surface area contributed by atoms with Crippen LogP contribution in [-0.4, -0.2) is 17.5 Å². The predicted octanol–water partition coefficient (Wildman–Crippen LogP) is 3.03. The van der Waals surface area contributed by atoms with Gasteiger partial charge in [0.15, 0.2) is 5.78 Å². The average molecular weight is 312 g/mol. The molecule has 1 aliphatic rings. The number of hydrogen-bond donors (Lipinski definition) is 1. The summed E-state index contributed by atoms with van der Waals surface area (Å²) in [7, 11) is 0. The molecule has 0 spiro atoms. The van der Waals surface area contributed by atoms with Gasteiger partial charge in [-0.2, -0.15) is 0 Å². The number of benzene rings is 2. The van der Waals surface area contributed by atoms with Gasteiger partial charge in [0.05, 0.1) is 5.70 Å². The van der Waals surface area contributed by atoms with Crippen LogP contribution in [0.25, 0.3) is 0 Å². The van der Waals surface area contributed by atoms with Crippen molar-refractivity contribution >= 4 is 29.1 Å². The van der Waals surface area contributed by atoms with Crippen LogP contribution < -0.4 is 5.32 Å². The van der Waals surface area contributed by atoms with E-state index in [1.54, 1.807) is 48.5 Å². The Kier molecular flexibility index (Phi) is 3.61. The highest BCUT2D eigenvalue weighted by molar-refractivity contribution is 6.30. The summed E-state index contributed by atoms with van der Waals surface area (Å²) in [6, 6.07) is 12.8. The lowest BCUT2D eigenvalue weighted by Gasteiger charge is -2.15. The smallest absolute Gasteiger partial charge is 0.255 e. The quantitative estimate of drug-likeness (QED) is 0.927. The summed E-state index contributed by atoms with van der Waals surface area (Å²) in [6.45, 7) is 0. The molecule has 1 amide bonds. The molecule has 4 nitrogen and oxygen atoms in total. The third-order valence-electron chi connectivity index (χ3n) is 3.31. The van der Waals surface area contributed by atoms with Crippen molar-refractivity contribution in [1.82, 2.24) is 5.32 Å². The van der Waals surface area contributed by atoms with Crippen LogP contribution in [0.2, 0.25) is 5.02 Å². The summed E-state index contributed by atoms with van der Waals surface area (Å²) in [5, 5.41) is 2.99. The summed E-state index contributed by atoms with van der Waals surface area (Å²) in [5.74, 6) is -1.15. The van der Waals surface area contributed by atoms with Crippen LogP contribution in [0.1, 0.15) is 31.1 Å². The van der Waals surface area contributed by atoms with Gasteiger partial charge in [0.2, 0.25) is 5.78 Å². The van der Waals surface area contributed by atoms with Gasteiger partial charge in [0.1, 0.15) is 0 Å². The molecule has 2 aromatic carbocycles. The van der Waals surface area contributed by atoms with Crippen molar-refractivity contribution in [3.63, 3.8) is 0 Å². The Hall–Kier alpha value is -2.72. The van der Waals surface area contributed by atoms with E-state index in [4.69, 9.17) is 11.6 Å². The van der Waals surface area contributed by atoms with E-state index in [1.165, 1.54) is 0 Å². The second-order valence-corrected chi connectivity index (χ2v) is 5.19. The molecule has 1 aliphatic carbocycles. The van der Waals surface area contributed by atoms with E-state index >= 15 is 0 Å². The summed E-state index contributed by atoms with van der Waals surface area (Å²) >= 11 is 5.76. The summed E-state index contributed by atoms with van der Waals surface area (Å²) in [4.78, 5) is 36.5. The highest BCUT2D eigenvalue weighted by atomic mass is 35.5. The first-order valence-electron chi connectivity index (χ1n) is 6.53. The number of carbonyl (C=O) groups is 3. The molecule has 0 radical (unpaired) electrons. The molecule has 22 heavy (non-hydrogen) atoms. The zero-order valence-corrected chi connectivity index (χ0v) is 12.1. The lowest BCUT2D eigenvalue weighted by atomic mass is 9.92. The van der Waals surface area contributed by atoms with Gasteiger partial charge < -0.3 is 5.32 Å². The van der Waals surface area contributed by atoms with Gasteiger partial charge in [-0.1, -0.05) is 35.9 Å². The Bertz CT molecular complexity index is 822. The third-order valence-corrected chi connectivity index (χ3v) is 3.56. The molecule has 0 aliphatic heterocycles. The maximum absolute atomic E-state index is 12.3. The molecule has 0 aromatic heterocycles. The maximum Gasteiger partial charge on any atom is 0.255 e. The number of hydrogen-bond acceptors (Lipinski definition) is 3. The van der Waals surface area contributed by atoms with Gasteiger partial charge >= 0.3 is 0 Å². The second-order valence-electron chi connectivity index (χ2n) is 4.76. The van der Waals surface area contributed by atoms with E-state index < -0.39 is 5.91 Å². The van der Waals surface area contributed by atoms with Crippen LogP contribution in [0.4, 0.5) is 0 Å². The van der Waals surface area contributed by atoms with Crippen molar-refractivity contribution in [3.05, 3.63) is 82.0 Å². The van der Waals surface area contributed by atoms with Crippen LogP contribution in [0.15, 0.2) is 60.3 Å². The van der Waals surface area contributed by atoms with E-state index in [0.717, 1.165) is 6.08 Å². The van der Waals surface area contributed by atoms with E-state index in [0.29, 0.717) is 21.7 Å². The van der Waals surface area contributed by atoms with Crippen molar-refractivity contribution in [2.45, 2.75) is 0 Å². The largest absolute Gasteiger partial charge is 0.319 e. The van der Waals surface area contributed by atoms with E-state index in [2.05, 4.69) is 5.32 Å². The number of carbonyl (C=O) groups excluding carboxylic acids is 3. The maximum atomic E-state index is 12.3. The van der Waals surface area contributed by atoms with Crippen molar-refractivity contribution in [2.75, 3.05) is 0 Å². The Morgan fingerprint density at radius 2 is 1.55 bits per heavy atom. The summed E-state index contributed by atoms with van der Waals surface area (Å²) in [6.07, 6.45) is 1.15. The fourth-order valence-corrected chi connectivity index (χ4v) is 2.33. The molecule has 0 heterocycles. The van der Waals surface area contributed by atoms with Gasteiger partial charge in [-0.05, 0) is 24.3 Å². The summed E-state index contributed by atoms with van der Waals surface area (Å²) in [5.41, 5.74) is 0.964. The number of amides is 1. The van der Waals surface area contributed by atoms with Crippen molar-refractivity contribution < 1.29 is 14.4 Å². The average Bonchev–Trinajstić information content (AvgIpc) is 2.53. The molecule has 0 bridgehead atoms. The molecular formula is C17H10ClNO3. The number of rotatable bonds is 2. The van der Waals surface area contributed by atoms with Crippen LogP contribution in [-0.2, 0) is 0 Å². The zero-order valence-electron chi connectivity index (χ0n) is 11.3. The fraction of sp³-hybridized carbons (Fsp3) is 0. The molecule has 0 saturated carbocycles. The van der Waals surface area contributed by atoms with Crippen LogP contribution in [0.3, 0.4) is 0 Å². The van der Waals surface area contributed by atoms with Gasteiger partial charge in [0, 0.05) is 27.8 Å². The highest BCUT2D eigenvalue weighted by Crippen LogP contribution is 2.20. The van der Waals surface area contributed by atoms with E-state index in [9.17, 15) is 14.4 Å². The van der Waals surface area contributed by atoms with Crippen LogP contribution in [0.5, 0.6) is 0 Å². The van der Waals surface area contributed by atoms with E-state index in [1.807, 2.05) is 0 Å². The molecular weight excluding hydrogens is 302 g/mol. The molecule has 0 saturated heterocycles. The number of Topliss-reactive ketones (excluding diaryl/α,β-unsaturated/α-hetero) is 1. The molecule has 0 atom stereocenters. The van der Waals surface area contributed by atoms with Crippen molar-refractivity contribution in [1.29, 1.82) is 0 Å². The first-order valence-corrected chi connectivity index (χ1v) is 6.91. The van der Waals surface area contributed by atoms with Crippen molar-refractivity contribution in [2.24, 2.45) is 0 Å². The highest BCUT2D eigenvalue weighted by Gasteiger charge is 2.26. The number of halogens is 1. The lowest BCUT2D eigenvalue weighted by molar-refractivity contribution is 0.0924. The number of nitrogens with one attached hydrogen (secondary N) is 1. The number of ketones is 2. The Labute approximate surface area is 131 Å². The zero-order chi connectivity index (χ0) is 15.7. The molecule has 0 fully saturated rings. The molecule has 2 aromatic rings. The van der Waals surface area contributed by atoms with Gasteiger partial charge in [-0.25, -0.2) is 0 Å². The van der Waals surface area contributed by atoms with Gasteiger partial charge in [0.25, 0.3) is 5.91 Å². The van der Waals surface area contributed by atoms with Gasteiger partial charge in [-0.15, -0.1) is 0 Å². The Morgan fingerprint density at radius 1 is 0.909 bits per heavy atom. The van der Waals surface area contributed by atoms with Crippen LogP contribution >= 0.6 is 11.6 Å². The molecule has 0 unspecified atom stereocenters. The first-order chi connectivity index (χ1) is 10.6. The SMILES string of the molecule is O=C(NC1=CC(=O)c2ccccc2C1=O)c1ccc(Cl)cc1. The molecule has 1 N–H and O–H groups in total. The number of allylic oxidation sites excluding steroid dienone is 2. The number of fused-ring (bicyclic) bond motifs is 1. The van der Waals surface area contributed by atoms with Crippen molar-refractivity contribution in [3.8, 4) is 0 Å². The third kappa shape index (κ3) is 2.56.